The van der Waals surface area contributed by atoms with Gasteiger partial charge in [-0.15, -0.1) is 0 Å². The molecule has 2 amide bonds. The van der Waals surface area contributed by atoms with E-state index in [1.165, 1.54) is 12.1 Å². The lowest BCUT2D eigenvalue weighted by Gasteiger charge is -2.27. The van der Waals surface area contributed by atoms with Gasteiger partial charge in [0.1, 0.15) is 0 Å². The number of benzene rings is 2. The summed E-state index contributed by atoms with van der Waals surface area (Å²) in [6, 6.07) is 9.39. The van der Waals surface area contributed by atoms with E-state index in [2.05, 4.69) is 0 Å². The standard InChI is InChI=1S/C23H18ClF3N2O3/c24-14-8-6-12(7-9-14)20(30)19-18-17(16-5-2-10-28(16)19)21(31)29(22(18)32)15-4-1-3-13(11-15)23(25,26)27/h1,3-4,6-9,11,16-19H,2,5,10H2/t16-,17-,18+,19-/m1/s1. The van der Waals surface area contributed by atoms with Crippen molar-refractivity contribution in [1.82, 2.24) is 4.90 Å². The molecule has 5 rings (SSSR count). The summed E-state index contributed by atoms with van der Waals surface area (Å²) in [6.07, 6.45) is -3.17. The SMILES string of the molecule is O=C(c1ccc(Cl)cc1)[C@H]1[C@H]2C(=O)N(c3cccc(C(F)(F)F)c3)C(=O)[C@@H]2[C@H]2CCCN21. The zero-order chi connectivity index (χ0) is 22.8. The van der Waals surface area contributed by atoms with Gasteiger partial charge >= 0.3 is 6.18 Å². The summed E-state index contributed by atoms with van der Waals surface area (Å²) in [6.45, 7) is 0.589. The van der Waals surface area contributed by atoms with Crippen molar-refractivity contribution >= 4 is 34.9 Å². The molecule has 2 aromatic rings. The molecule has 5 nitrogen and oxygen atoms in total. The Balaban J connectivity index is 1.54. The summed E-state index contributed by atoms with van der Waals surface area (Å²) in [5.41, 5.74) is -0.682. The van der Waals surface area contributed by atoms with Crippen LogP contribution in [0.4, 0.5) is 18.9 Å². The van der Waals surface area contributed by atoms with E-state index >= 15 is 0 Å². The van der Waals surface area contributed by atoms with Crippen LogP contribution in [-0.4, -0.2) is 41.1 Å². The monoisotopic (exact) mass is 462 g/mol. The number of carbonyl (C=O) groups is 3. The van der Waals surface area contributed by atoms with E-state index in [1.54, 1.807) is 24.3 Å². The Morgan fingerprint density at radius 2 is 1.69 bits per heavy atom. The zero-order valence-electron chi connectivity index (χ0n) is 16.7. The van der Waals surface area contributed by atoms with Gasteiger partial charge in [-0.25, -0.2) is 4.90 Å². The highest BCUT2D eigenvalue weighted by atomic mass is 35.5. The predicted molar refractivity (Wildman–Crippen MR) is 110 cm³/mol. The van der Waals surface area contributed by atoms with Crippen LogP contribution in [0.15, 0.2) is 48.5 Å². The lowest BCUT2D eigenvalue weighted by Crippen LogP contribution is -2.46. The molecule has 0 N–H and O–H groups in total. The minimum atomic E-state index is -4.60. The molecule has 3 saturated heterocycles. The van der Waals surface area contributed by atoms with Crippen LogP contribution in [0.3, 0.4) is 0 Å². The Labute approximate surface area is 186 Å². The fourth-order valence-electron chi connectivity index (χ4n) is 5.38. The van der Waals surface area contributed by atoms with Crippen LogP contribution in [-0.2, 0) is 15.8 Å². The van der Waals surface area contributed by atoms with Crippen LogP contribution in [0.25, 0.3) is 0 Å². The molecule has 9 heteroatoms. The molecule has 4 atom stereocenters. The van der Waals surface area contributed by atoms with Gasteiger partial charge in [0.15, 0.2) is 5.78 Å². The molecule has 32 heavy (non-hydrogen) atoms. The number of alkyl halides is 3. The first-order chi connectivity index (χ1) is 15.2. The number of halogens is 4. The number of anilines is 1. The number of fused-ring (bicyclic) bond motifs is 3. The third-order valence-electron chi connectivity index (χ3n) is 6.68. The number of ketones is 1. The van der Waals surface area contributed by atoms with E-state index in [0.29, 0.717) is 23.6 Å². The van der Waals surface area contributed by atoms with Gasteiger partial charge < -0.3 is 0 Å². The number of nitrogens with zero attached hydrogens (tertiary/aromatic N) is 2. The molecule has 0 spiro atoms. The highest BCUT2D eigenvalue weighted by Crippen LogP contribution is 2.48. The number of amides is 2. The highest BCUT2D eigenvalue weighted by molar-refractivity contribution is 6.30. The van der Waals surface area contributed by atoms with E-state index in [0.717, 1.165) is 23.5 Å². The lowest BCUT2D eigenvalue weighted by molar-refractivity contribution is -0.137. The van der Waals surface area contributed by atoms with Crippen molar-refractivity contribution in [2.75, 3.05) is 11.4 Å². The van der Waals surface area contributed by atoms with Crippen LogP contribution in [0.2, 0.25) is 5.02 Å². The predicted octanol–water partition coefficient (Wildman–Crippen LogP) is 4.19. The normalized spacial score (nSPS) is 27.7. The number of carbonyl (C=O) groups excluding carboxylic acids is 3. The second-order valence-electron chi connectivity index (χ2n) is 8.37. The molecule has 0 aromatic heterocycles. The Bertz CT molecular complexity index is 1120. The maximum Gasteiger partial charge on any atom is 0.416 e. The van der Waals surface area contributed by atoms with Gasteiger partial charge in [0.05, 0.1) is 29.1 Å². The molecule has 0 aliphatic carbocycles. The first kappa shape index (κ1) is 21.2. The first-order valence-corrected chi connectivity index (χ1v) is 10.7. The Hall–Kier alpha value is -2.71. The molecule has 0 saturated carbocycles. The maximum atomic E-state index is 13.4. The average molecular weight is 463 g/mol. The van der Waals surface area contributed by atoms with E-state index in [9.17, 15) is 27.6 Å². The molecule has 2 aromatic carbocycles. The fraction of sp³-hybridized carbons (Fsp3) is 0.348. The minimum absolute atomic E-state index is 0.119. The second-order valence-corrected chi connectivity index (χ2v) is 8.81. The van der Waals surface area contributed by atoms with Crippen molar-refractivity contribution in [3.63, 3.8) is 0 Å². The Morgan fingerprint density at radius 1 is 1.00 bits per heavy atom. The number of rotatable bonds is 3. The van der Waals surface area contributed by atoms with Gasteiger partial charge in [-0.3, -0.25) is 19.3 Å². The molecule has 0 bridgehead atoms. The second kappa shape index (κ2) is 7.42. The third kappa shape index (κ3) is 3.16. The number of hydrogen-bond acceptors (Lipinski definition) is 4. The van der Waals surface area contributed by atoms with Gasteiger partial charge in [-0.2, -0.15) is 13.2 Å². The van der Waals surface area contributed by atoms with Gasteiger partial charge in [-0.05, 0) is 61.9 Å². The van der Waals surface area contributed by atoms with Crippen molar-refractivity contribution in [2.45, 2.75) is 31.1 Å². The molecular weight excluding hydrogens is 445 g/mol. The van der Waals surface area contributed by atoms with Gasteiger partial charge in [0.2, 0.25) is 11.8 Å². The van der Waals surface area contributed by atoms with Crippen LogP contribution < -0.4 is 4.90 Å². The molecular formula is C23H18ClF3N2O3. The van der Waals surface area contributed by atoms with E-state index in [4.69, 9.17) is 11.6 Å². The summed E-state index contributed by atoms with van der Waals surface area (Å²) in [7, 11) is 0. The molecule has 3 fully saturated rings. The van der Waals surface area contributed by atoms with Crippen molar-refractivity contribution in [3.8, 4) is 0 Å². The first-order valence-electron chi connectivity index (χ1n) is 10.3. The molecule has 3 aliphatic rings. The highest BCUT2D eigenvalue weighted by Gasteiger charge is 2.64. The van der Waals surface area contributed by atoms with Crippen molar-refractivity contribution in [1.29, 1.82) is 0 Å². The topological polar surface area (TPSA) is 57.7 Å². The van der Waals surface area contributed by atoms with Crippen LogP contribution in [0, 0.1) is 11.8 Å². The molecule has 0 radical (unpaired) electrons. The molecule has 3 heterocycles. The van der Waals surface area contributed by atoms with E-state index < -0.39 is 41.4 Å². The molecule has 3 aliphatic heterocycles. The van der Waals surface area contributed by atoms with Gasteiger partial charge in [-0.1, -0.05) is 17.7 Å². The van der Waals surface area contributed by atoms with Crippen molar-refractivity contribution in [3.05, 3.63) is 64.7 Å². The molecule has 0 unspecified atom stereocenters. The van der Waals surface area contributed by atoms with E-state index in [1.807, 2.05) is 4.90 Å². The molecule has 166 valence electrons. The smallest absolute Gasteiger partial charge is 0.292 e. The van der Waals surface area contributed by atoms with Crippen LogP contribution in [0.5, 0.6) is 0 Å². The summed E-state index contributed by atoms with van der Waals surface area (Å²) in [4.78, 5) is 42.9. The lowest BCUT2D eigenvalue weighted by atomic mass is 9.85. The van der Waals surface area contributed by atoms with E-state index in [-0.39, 0.29) is 17.5 Å². The van der Waals surface area contributed by atoms with Crippen molar-refractivity contribution < 1.29 is 27.6 Å². The number of imide groups is 1. The third-order valence-corrected chi connectivity index (χ3v) is 6.93. The average Bonchev–Trinajstić information content (AvgIpc) is 3.39. The van der Waals surface area contributed by atoms with Crippen LogP contribution in [0.1, 0.15) is 28.8 Å². The van der Waals surface area contributed by atoms with Crippen LogP contribution >= 0.6 is 11.6 Å². The Morgan fingerprint density at radius 3 is 2.38 bits per heavy atom. The summed E-state index contributed by atoms with van der Waals surface area (Å²) >= 11 is 5.92. The largest absolute Gasteiger partial charge is 0.416 e. The van der Waals surface area contributed by atoms with Crippen molar-refractivity contribution in [2.24, 2.45) is 11.8 Å². The van der Waals surface area contributed by atoms with Gasteiger partial charge in [0, 0.05) is 16.6 Å². The Kier molecular flexibility index (Phi) is 4.90. The number of hydrogen-bond donors (Lipinski definition) is 0. The summed E-state index contributed by atoms with van der Waals surface area (Å²) in [5.74, 6) is -3.12. The summed E-state index contributed by atoms with van der Waals surface area (Å²) in [5, 5.41) is 0.465. The fourth-order valence-corrected chi connectivity index (χ4v) is 5.50. The minimum Gasteiger partial charge on any atom is -0.292 e. The number of Topliss-reactive ketones (excluding diaryl/α,β-unsaturated/α-hetero) is 1. The summed E-state index contributed by atoms with van der Waals surface area (Å²) < 4.78 is 39.6. The maximum absolute atomic E-state index is 13.4. The quantitative estimate of drug-likeness (QED) is 0.507. The zero-order valence-corrected chi connectivity index (χ0v) is 17.4. The van der Waals surface area contributed by atoms with Gasteiger partial charge in [0.25, 0.3) is 0 Å².